The average Bonchev–Trinajstić information content (AvgIpc) is 3.17. The molecule has 3 aromatic heterocycles. The fraction of sp³-hybridized carbons (Fsp3) is 0.375. The molecule has 3 heterocycles. The number of carbonyl (C=O) groups is 1. The van der Waals surface area contributed by atoms with Crippen LogP contribution in [0.5, 0.6) is 0 Å². The van der Waals surface area contributed by atoms with Crippen molar-refractivity contribution in [2.75, 3.05) is 0 Å². The van der Waals surface area contributed by atoms with Crippen LogP contribution in [0.15, 0.2) is 24.4 Å². The van der Waals surface area contributed by atoms with Crippen molar-refractivity contribution in [3.05, 3.63) is 41.5 Å². The number of hydrogen-bond acceptors (Lipinski definition) is 4. The maximum absolute atomic E-state index is 12.5. The second-order valence-electron chi connectivity index (χ2n) is 5.68. The fourth-order valence-corrected chi connectivity index (χ4v) is 2.44. The molecule has 23 heavy (non-hydrogen) atoms. The van der Waals surface area contributed by atoms with Crippen molar-refractivity contribution in [3.8, 4) is 0 Å². The first-order valence-electron chi connectivity index (χ1n) is 7.74. The highest BCUT2D eigenvalue weighted by Gasteiger charge is 2.16. The Morgan fingerprint density at radius 3 is 3.00 bits per heavy atom. The van der Waals surface area contributed by atoms with Crippen LogP contribution in [0.3, 0.4) is 0 Å². The third-order valence-electron chi connectivity index (χ3n) is 3.76. The minimum atomic E-state index is -0.141. The first kappa shape index (κ1) is 15.2. The van der Waals surface area contributed by atoms with E-state index in [2.05, 4.69) is 39.4 Å². The van der Waals surface area contributed by atoms with Gasteiger partial charge in [-0.1, -0.05) is 13.8 Å². The van der Waals surface area contributed by atoms with Gasteiger partial charge >= 0.3 is 0 Å². The van der Waals surface area contributed by atoms with Crippen LogP contribution in [0.2, 0.25) is 0 Å². The summed E-state index contributed by atoms with van der Waals surface area (Å²) in [4.78, 5) is 16.6. The average molecular weight is 312 g/mol. The minimum Gasteiger partial charge on any atom is -0.345 e. The van der Waals surface area contributed by atoms with Gasteiger partial charge in [-0.3, -0.25) is 14.6 Å². The number of carbonyl (C=O) groups excluding carboxylic acids is 1. The van der Waals surface area contributed by atoms with E-state index in [4.69, 9.17) is 0 Å². The largest absolute Gasteiger partial charge is 0.345 e. The highest BCUT2D eigenvalue weighted by molar-refractivity contribution is 5.93. The van der Waals surface area contributed by atoms with Crippen LogP contribution in [0, 0.1) is 0 Å². The van der Waals surface area contributed by atoms with Crippen molar-refractivity contribution in [2.24, 2.45) is 0 Å². The number of fused-ring (bicyclic) bond motifs is 1. The monoisotopic (exact) mass is 312 g/mol. The van der Waals surface area contributed by atoms with Crippen molar-refractivity contribution in [2.45, 2.75) is 39.8 Å². The Kier molecular flexibility index (Phi) is 4.10. The number of pyridine rings is 1. The summed E-state index contributed by atoms with van der Waals surface area (Å²) in [7, 11) is 0. The number of amides is 1. The standard InChI is InChI=1S/C16H20N6O/c1-4-22-14(8-12(21-22)10(2)3)16(23)18-9-13-11-6-5-7-17-15(11)20-19-13/h5-8,10H,4,9H2,1-3H3,(H,18,23)(H,17,19,20). The summed E-state index contributed by atoms with van der Waals surface area (Å²) in [6, 6.07) is 5.64. The van der Waals surface area contributed by atoms with Crippen molar-refractivity contribution >= 4 is 16.9 Å². The van der Waals surface area contributed by atoms with Gasteiger partial charge in [-0.25, -0.2) is 4.98 Å². The van der Waals surface area contributed by atoms with E-state index in [-0.39, 0.29) is 11.8 Å². The van der Waals surface area contributed by atoms with E-state index in [1.807, 2.05) is 25.1 Å². The number of nitrogens with one attached hydrogen (secondary N) is 2. The van der Waals surface area contributed by atoms with Crippen molar-refractivity contribution in [1.29, 1.82) is 0 Å². The van der Waals surface area contributed by atoms with Crippen LogP contribution < -0.4 is 5.32 Å². The molecule has 3 rings (SSSR count). The van der Waals surface area contributed by atoms with Gasteiger partial charge in [-0.05, 0) is 31.0 Å². The third-order valence-corrected chi connectivity index (χ3v) is 3.76. The number of aryl methyl sites for hydroxylation is 1. The Hall–Kier alpha value is -2.70. The summed E-state index contributed by atoms with van der Waals surface area (Å²) in [6.07, 6.45) is 1.69. The second-order valence-corrected chi connectivity index (χ2v) is 5.68. The summed E-state index contributed by atoms with van der Waals surface area (Å²) >= 11 is 0. The molecule has 0 fully saturated rings. The summed E-state index contributed by atoms with van der Waals surface area (Å²) in [5.41, 5.74) is 3.00. The van der Waals surface area contributed by atoms with Crippen molar-refractivity contribution in [1.82, 2.24) is 30.3 Å². The van der Waals surface area contributed by atoms with Crippen LogP contribution in [0.25, 0.3) is 11.0 Å². The number of nitrogens with zero attached hydrogens (tertiary/aromatic N) is 4. The van der Waals surface area contributed by atoms with Gasteiger partial charge < -0.3 is 5.32 Å². The maximum atomic E-state index is 12.5. The van der Waals surface area contributed by atoms with Gasteiger partial charge in [-0.2, -0.15) is 10.2 Å². The molecule has 0 atom stereocenters. The summed E-state index contributed by atoms with van der Waals surface area (Å²) < 4.78 is 1.73. The van der Waals surface area contributed by atoms with Gasteiger partial charge in [0.15, 0.2) is 5.65 Å². The lowest BCUT2D eigenvalue weighted by Crippen LogP contribution is -2.25. The zero-order chi connectivity index (χ0) is 16.4. The smallest absolute Gasteiger partial charge is 0.269 e. The van der Waals surface area contributed by atoms with E-state index < -0.39 is 0 Å². The topological polar surface area (TPSA) is 88.5 Å². The van der Waals surface area contributed by atoms with E-state index in [1.165, 1.54) is 0 Å². The number of aromatic nitrogens is 5. The van der Waals surface area contributed by atoms with Gasteiger partial charge in [0.2, 0.25) is 0 Å². The molecule has 0 aliphatic carbocycles. The molecule has 0 unspecified atom stereocenters. The summed E-state index contributed by atoms with van der Waals surface area (Å²) in [5, 5.41) is 15.4. The summed E-state index contributed by atoms with van der Waals surface area (Å²) in [6.45, 7) is 7.13. The van der Waals surface area contributed by atoms with Crippen LogP contribution in [0.1, 0.15) is 48.6 Å². The molecule has 120 valence electrons. The van der Waals surface area contributed by atoms with Gasteiger partial charge in [0.05, 0.1) is 17.9 Å². The normalized spacial score (nSPS) is 11.3. The highest BCUT2D eigenvalue weighted by Crippen LogP contribution is 2.15. The van der Waals surface area contributed by atoms with Gasteiger partial charge in [0.25, 0.3) is 5.91 Å². The lowest BCUT2D eigenvalue weighted by atomic mass is 10.1. The first-order chi connectivity index (χ1) is 11.1. The fourth-order valence-electron chi connectivity index (χ4n) is 2.44. The zero-order valence-corrected chi connectivity index (χ0v) is 13.5. The summed E-state index contributed by atoms with van der Waals surface area (Å²) in [5.74, 6) is 0.148. The molecule has 2 N–H and O–H groups in total. The molecule has 0 aromatic carbocycles. The number of H-pyrrole nitrogens is 1. The Labute approximate surface area is 134 Å². The SMILES string of the molecule is CCn1nc(C(C)C)cc1C(=O)NCc1[nH]nc2ncccc12. The molecule has 0 saturated carbocycles. The highest BCUT2D eigenvalue weighted by atomic mass is 16.2. The molecule has 1 amide bonds. The lowest BCUT2D eigenvalue weighted by molar-refractivity contribution is 0.0940. The third kappa shape index (κ3) is 2.94. The Morgan fingerprint density at radius 1 is 1.43 bits per heavy atom. The Balaban J connectivity index is 1.77. The minimum absolute atomic E-state index is 0.141. The first-order valence-corrected chi connectivity index (χ1v) is 7.74. The van der Waals surface area contributed by atoms with E-state index in [0.717, 1.165) is 16.8 Å². The quantitative estimate of drug-likeness (QED) is 0.756. The van der Waals surface area contributed by atoms with Crippen LogP contribution in [-0.2, 0) is 13.1 Å². The molecule has 3 aromatic rings. The molecule has 0 spiro atoms. The lowest BCUT2D eigenvalue weighted by Gasteiger charge is -2.05. The number of aromatic amines is 1. The number of rotatable bonds is 5. The molecule has 0 radical (unpaired) electrons. The van der Waals surface area contributed by atoms with E-state index in [1.54, 1.807) is 10.9 Å². The van der Waals surface area contributed by atoms with Crippen LogP contribution in [0.4, 0.5) is 0 Å². The zero-order valence-electron chi connectivity index (χ0n) is 13.5. The van der Waals surface area contributed by atoms with Gasteiger partial charge in [-0.15, -0.1) is 0 Å². The molecule has 7 heteroatoms. The molecule has 0 aliphatic rings. The second kappa shape index (κ2) is 6.20. The Bertz CT molecular complexity index is 832. The number of hydrogen-bond donors (Lipinski definition) is 2. The molecular weight excluding hydrogens is 292 g/mol. The molecule has 0 bridgehead atoms. The molecule has 7 nitrogen and oxygen atoms in total. The van der Waals surface area contributed by atoms with Crippen LogP contribution in [-0.4, -0.2) is 30.9 Å². The predicted octanol–water partition coefficient (Wildman–Crippen LogP) is 2.23. The molecular formula is C16H20N6O. The maximum Gasteiger partial charge on any atom is 0.269 e. The van der Waals surface area contributed by atoms with E-state index in [0.29, 0.717) is 24.4 Å². The predicted molar refractivity (Wildman–Crippen MR) is 87.0 cm³/mol. The molecule has 0 saturated heterocycles. The van der Waals surface area contributed by atoms with Crippen molar-refractivity contribution < 1.29 is 4.79 Å². The van der Waals surface area contributed by atoms with E-state index >= 15 is 0 Å². The Morgan fingerprint density at radius 2 is 2.26 bits per heavy atom. The van der Waals surface area contributed by atoms with Gasteiger partial charge in [0, 0.05) is 18.1 Å². The van der Waals surface area contributed by atoms with E-state index in [9.17, 15) is 4.79 Å². The van der Waals surface area contributed by atoms with Crippen LogP contribution >= 0.6 is 0 Å². The van der Waals surface area contributed by atoms with Gasteiger partial charge in [0.1, 0.15) is 5.69 Å². The van der Waals surface area contributed by atoms with Crippen molar-refractivity contribution in [3.63, 3.8) is 0 Å². The molecule has 0 aliphatic heterocycles.